The highest BCUT2D eigenvalue weighted by Gasteiger charge is 2.58. The largest absolute Gasteiger partial charge is 0.391 e. The molecule has 150 valence electrons. The molecule has 0 radical (unpaired) electrons. The highest BCUT2D eigenvalue weighted by atomic mass is 19.1. The first-order chi connectivity index (χ1) is 13.0. The summed E-state index contributed by atoms with van der Waals surface area (Å²) >= 11 is 0. The van der Waals surface area contributed by atoms with Gasteiger partial charge in [-0.1, -0.05) is 0 Å². The van der Waals surface area contributed by atoms with Gasteiger partial charge in [0.1, 0.15) is 11.4 Å². The Morgan fingerprint density at radius 1 is 1.19 bits per heavy atom. The van der Waals surface area contributed by atoms with Crippen molar-refractivity contribution in [1.29, 1.82) is 0 Å². The van der Waals surface area contributed by atoms with Crippen LogP contribution < -0.4 is 4.90 Å². The number of aliphatic hydroxyl groups excluding tert-OH is 1. The van der Waals surface area contributed by atoms with Gasteiger partial charge in [0.15, 0.2) is 0 Å². The van der Waals surface area contributed by atoms with Crippen molar-refractivity contribution in [2.75, 3.05) is 51.4 Å². The van der Waals surface area contributed by atoms with E-state index in [1.54, 1.807) is 19.2 Å². The van der Waals surface area contributed by atoms with Crippen molar-refractivity contribution in [2.24, 2.45) is 5.92 Å². The monoisotopic (exact) mass is 380 g/mol. The second-order valence-electron chi connectivity index (χ2n) is 8.06. The fourth-order valence-electron chi connectivity index (χ4n) is 5.11. The van der Waals surface area contributed by atoms with Gasteiger partial charge < -0.3 is 24.6 Å². The Bertz CT molecular complexity index is 637. The molecule has 0 amide bonds. The molecule has 2 N–H and O–H groups in total. The van der Waals surface area contributed by atoms with E-state index in [1.807, 2.05) is 0 Å². The normalized spacial score (nSPS) is 37.4. The molecule has 5 atom stereocenters. The van der Waals surface area contributed by atoms with E-state index >= 15 is 0 Å². The molecular formula is C20H29FN2O4. The fourth-order valence-corrected chi connectivity index (χ4v) is 5.11. The van der Waals surface area contributed by atoms with Crippen molar-refractivity contribution in [2.45, 2.75) is 36.7 Å². The summed E-state index contributed by atoms with van der Waals surface area (Å²) in [5.74, 6) is -0.203. The first kappa shape index (κ1) is 19.1. The molecule has 0 bridgehead atoms. The third kappa shape index (κ3) is 3.59. The lowest BCUT2D eigenvalue weighted by Crippen LogP contribution is -2.63. The zero-order valence-electron chi connectivity index (χ0n) is 15.8. The number of benzene rings is 1. The van der Waals surface area contributed by atoms with Crippen molar-refractivity contribution >= 4 is 5.69 Å². The van der Waals surface area contributed by atoms with Gasteiger partial charge >= 0.3 is 0 Å². The molecule has 3 aliphatic rings. The van der Waals surface area contributed by atoms with Crippen LogP contribution in [0.25, 0.3) is 0 Å². The second-order valence-corrected chi connectivity index (χ2v) is 8.06. The van der Waals surface area contributed by atoms with E-state index in [4.69, 9.17) is 9.47 Å². The second kappa shape index (κ2) is 7.64. The summed E-state index contributed by atoms with van der Waals surface area (Å²) < 4.78 is 24.2. The number of piperazine rings is 1. The molecule has 3 fully saturated rings. The molecule has 1 aromatic rings. The molecule has 2 saturated heterocycles. The first-order valence-electron chi connectivity index (χ1n) is 9.77. The van der Waals surface area contributed by atoms with E-state index in [-0.39, 0.29) is 30.5 Å². The number of nitrogens with zero attached hydrogens (tertiary/aromatic N) is 2. The number of hydrogen-bond acceptors (Lipinski definition) is 6. The van der Waals surface area contributed by atoms with Crippen LogP contribution in [0.15, 0.2) is 24.3 Å². The van der Waals surface area contributed by atoms with Gasteiger partial charge in [-0.2, -0.15) is 0 Å². The third-order valence-corrected chi connectivity index (χ3v) is 6.46. The van der Waals surface area contributed by atoms with Crippen molar-refractivity contribution in [3.63, 3.8) is 0 Å². The Hall–Kier alpha value is -1.25. The van der Waals surface area contributed by atoms with Gasteiger partial charge in [0.2, 0.25) is 0 Å². The molecule has 2 heterocycles. The zero-order valence-corrected chi connectivity index (χ0v) is 15.8. The molecular weight excluding hydrogens is 351 g/mol. The minimum atomic E-state index is -1.01. The van der Waals surface area contributed by atoms with E-state index < -0.39 is 11.7 Å². The number of hydrogen-bond donors (Lipinski definition) is 2. The molecule has 1 aliphatic carbocycles. The summed E-state index contributed by atoms with van der Waals surface area (Å²) in [6.07, 6.45) is 0.750. The van der Waals surface area contributed by atoms with E-state index in [1.165, 1.54) is 12.1 Å². The average molecular weight is 380 g/mol. The zero-order chi connectivity index (χ0) is 19.0. The van der Waals surface area contributed by atoms with Crippen molar-refractivity contribution < 1.29 is 24.1 Å². The van der Waals surface area contributed by atoms with Crippen LogP contribution in [0.4, 0.5) is 10.1 Å². The Morgan fingerprint density at radius 2 is 1.89 bits per heavy atom. The Balaban J connectivity index is 1.41. The number of methoxy groups -OCH3 is 1. The summed E-state index contributed by atoms with van der Waals surface area (Å²) in [6.45, 7) is 3.81. The van der Waals surface area contributed by atoms with E-state index in [0.29, 0.717) is 19.4 Å². The minimum absolute atomic E-state index is 0.0125. The third-order valence-electron chi connectivity index (χ3n) is 6.46. The Labute approximate surface area is 159 Å². The number of rotatable bonds is 4. The molecule has 0 spiro atoms. The molecule has 1 saturated carbocycles. The maximum absolute atomic E-state index is 13.1. The van der Waals surface area contributed by atoms with Crippen LogP contribution in [0.2, 0.25) is 0 Å². The summed E-state index contributed by atoms with van der Waals surface area (Å²) in [7, 11) is 1.65. The summed E-state index contributed by atoms with van der Waals surface area (Å²) in [5.41, 5.74) is -0.00941. The first-order valence-corrected chi connectivity index (χ1v) is 9.77. The van der Waals surface area contributed by atoms with Crippen molar-refractivity contribution in [1.82, 2.24) is 4.90 Å². The number of aliphatic hydroxyl groups is 2. The van der Waals surface area contributed by atoms with Gasteiger partial charge in [0.25, 0.3) is 0 Å². The maximum Gasteiger partial charge on any atom is 0.123 e. The molecule has 4 rings (SSSR count). The van der Waals surface area contributed by atoms with Gasteiger partial charge in [-0.25, -0.2) is 4.39 Å². The lowest BCUT2D eigenvalue weighted by atomic mass is 9.82. The van der Waals surface area contributed by atoms with Crippen molar-refractivity contribution in [3.8, 4) is 0 Å². The van der Waals surface area contributed by atoms with Crippen LogP contribution in [0.5, 0.6) is 0 Å². The van der Waals surface area contributed by atoms with Crippen LogP contribution in [0.1, 0.15) is 12.8 Å². The maximum atomic E-state index is 13.1. The topological polar surface area (TPSA) is 65.4 Å². The molecule has 7 heteroatoms. The summed E-state index contributed by atoms with van der Waals surface area (Å²) in [6, 6.07) is 6.24. The lowest BCUT2D eigenvalue weighted by molar-refractivity contribution is -0.180. The molecule has 6 nitrogen and oxygen atoms in total. The highest BCUT2D eigenvalue weighted by Crippen LogP contribution is 2.45. The van der Waals surface area contributed by atoms with Gasteiger partial charge in [-0.15, -0.1) is 0 Å². The standard InChI is InChI=1S/C20H29FN2O4/c1-26-12-17-10-14-11-18(24)19(20(14,25)13-27-17)23-8-6-22(7-9-23)16-4-2-15(21)3-5-16/h2-5,14,17-19,24-25H,6-13H2,1H3/t14-,17+,18+,19-,20-/m0/s1. The summed E-state index contributed by atoms with van der Waals surface area (Å²) in [5, 5.41) is 22.1. The van der Waals surface area contributed by atoms with Gasteiger partial charge in [0, 0.05) is 39.0 Å². The predicted octanol–water partition coefficient (Wildman–Crippen LogP) is 0.863. The Morgan fingerprint density at radius 3 is 2.56 bits per heavy atom. The number of halogens is 1. The minimum Gasteiger partial charge on any atom is -0.391 e. The molecule has 27 heavy (non-hydrogen) atoms. The average Bonchev–Trinajstić information content (AvgIpc) is 2.92. The molecule has 0 unspecified atom stereocenters. The van der Waals surface area contributed by atoms with Crippen LogP contribution in [-0.4, -0.2) is 85.5 Å². The van der Waals surface area contributed by atoms with Crippen LogP contribution in [-0.2, 0) is 9.47 Å². The molecule has 1 aromatic carbocycles. The van der Waals surface area contributed by atoms with E-state index in [9.17, 15) is 14.6 Å². The molecule has 0 aromatic heterocycles. The van der Waals surface area contributed by atoms with Gasteiger partial charge in [-0.3, -0.25) is 4.90 Å². The number of ether oxygens (including phenoxy) is 2. The van der Waals surface area contributed by atoms with Gasteiger partial charge in [-0.05, 0) is 43.0 Å². The van der Waals surface area contributed by atoms with E-state index in [0.717, 1.165) is 31.9 Å². The summed E-state index contributed by atoms with van der Waals surface area (Å²) in [4.78, 5) is 4.41. The number of fused-ring (bicyclic) bond motifs is 1. The predicted molar refractivity (Wildman–Crippen MR) is 99.3 cm³/mol. The molecule has 2 aliphatic heterocycles. The van der Waals surface area contributed by atoms with Crippen LogP contribution in [0, 0.1) is 11.7 Å². The quantitative estimate of drug-likeness (QED) is 0.808. The Kier molecular flexibility index (Phi) is 5.40. The highest BCUT2D eigenvalue weighted by molar-refractivity contribution is 5.46. The van der Waals surface area contributed by atoms with Crippen LogP contribution >= 0.6 is 0 Å². The van der Waals surface area contributed by atoms with Gasteiger partial charge in [0.05, 0.1) is 31.5 Å². The van der Waals surface area contributed by atoms with Crippen LogP contribution in [0.3, 0.4) is 0 Å². The smallest absolute Gasteiger partial charge is 0.123 e. The van der Waals surface area contributed by atoms with E-state index in [2.05, 4.69) is 9.80 Å². The fraction of sp³-hybridized carbons (Fsp3) is 0.700. The number of anilines is 1. The van der Waals surface area contributed by atoms with Crippen molar-refractivity contribution in [3.05, 3.63) is 30.1 Å². The lowest BCUT2D eigenvalue weighted by Gasteiger charge is -2.47. The SMILES string of the molecule is COC[C@H]1C[C@H]2C[C@@H](O)[C@H](N3CCN(c4ccc(F)cc4)CC3)[C@]2(O)CO1.